The number of ether oxygens (including phenoxy) is 1. The van der Waals surface area contributed by atoms with Crippen LogP contribution in [-0.2, 0) is 26.2 Å². The zero-order valence-corrected chi connectivity index (χ0v) is 25.8. The van der Waals surface area contributed by atoms with Gasteiger partial charge in [0.05, 0.1) is 17.7 Å². The summed E-state index contributed by atoms with van der Waals surface area (Å²) in [6, 6.07) is 19.9. The molecule has 0 saturated carbocycles. The van der Waals surface area contributed by atoms with Crippen LogP contribution >= 0.6 is 0 Å². The van der Waals surface area contributed by atoms with Crippen LogP contribution in [0.1, 0.15) is 50.8 Å². The molecule has 1 N–H and O–H groups in total. The fourth-order valence-electron chi connectivity index (χ4n) is 4.54. The third-order valence-electron chi connectivity index (χ3n) is 6.85. The fraction of sp³-hybridized carbons (Fsp3) is 0.375. The summed E-state index contributed by atoms with van der Waals surface area (Å²) in [5, 5.41) is 2.98. The number of nitrogens with one attached hydrogen (secondary N) is 1. The van der Waals surface area contributed by atoms with Gasteiger partial charge in [-0.2, -0.15) is 0 Å². The molecule has 8 nitrogen and oxygen atoms in total. The molecular weight excluding hydrogens is 538 g/mol. The van der Waals surface area contributed by atoms with Crippen LogP contribution in [0.15, 0.2) is 77.7 Å². The highest BCUT2D eigenvalue weighted by Gasteiger charge is 2.35. The van der Waals surface area contributed by atoms with E-state index in [2.05, 4.69) is 5.32 Å². The van der Waals surface area contributed by atoms with E-state index in [1.54, 1.807) is 49.6 Å². The molecule has 3 aromatic carbocycles. The van der Waals surface area contributed by atoms with Crippen molar-refractivity contribution in [2.45, 2.75) is 71.0 Å². The largest absolute Gasteiger partial charge is 0.497 e. The average molecular weight is 580 g/mol. The first-order chi connectivity index (χ1) is 19.3. The fourth-order valence-corrected chi connectivity index (χ4v) is 6.03. The molecule has 0 aromatic heterocycles. The zero-order chi connectivity index (χ0) is 30.4. The molecule has 0 aliphatic rings. The Labute approximate surface area is 244 Å². The smallest absolute Gasteiger partial charge is 0.264 e. The average Bonchev–Trinajstić information content (AvgIpc) is 2.93. The van der Waals surface area contributed by atoms with Gasteiger partial charge in [-0.3, -0.25) is 13.9 Å². The first kappa shape index (κ1) is 31.7. The molecular formula is C32H41N3O5S. The number of hydrogen-bond acceptors (Lipinski definition) is 5. The molecule has 0 aliphatic heterocycles. The summed E-state index contributed by atoms with van der Waals surface area (Å²) in [6.07, 6.45) is 0.346. The van der Waals surface area contributed by atoms with E-state index in [0.29, 0.717) is 17.9 Å². The summed E-state index contributed by atoms with van der Waals surface area (Å²) in [5.74, 6) is -0.123. The standard InChI is InChI=1S/C32H41N3O5S/c1-8-28(31(37)33-32(4,5)6)34(21-25-17-19-26(40-7)20-18-25)30(36)22-35(29-16-12-13-23(2)24(29)3)41(38,39)27-14-10-9-11-15-27/h9-20,28H,8,21-22H2,1-7H3,(H,33,37)/t28-/m0/s1. The topological polar surface area (TPSA) is 96.0 Å². The van der Waals surface area contributed by atoms with Crippen molar-refractivity contribution in [2.75, 3.05) is 18.0 Å². The molecule has 3 aromatic rings. The summed E-state index contributed by atoms with van der Waals surface area (Å²) in [4.78, 5) is 29.2. The van der Waals surface area contributed by atoms with Gasteiger partial charge < -0.3 is 15.0 Å². The first-order valence-electron chi connectivity index (χ1n) is 13.7. The second kappa shape index (κ2) is 13.2. The highest BCUT2D eigenvalue weighted by Crippen LogP contribution is 2.29. The summed E-state index contributed by atoms with van der Waals surface area (Å²) < 4.78 is 34.4. The van der Waals surface area contributed by atoms with Gasteiger partial charge in [0.25, 0.3) is 10.0 Å². The number of sulfonamides is 1. The second-order valence-corrected chi connectivity index (χ2v) is 12.9. The molecule has 0 radical (unpaired) electrons. The van der Waals surface area contributed by atoms with Crippen molar-refractivity contribution in [3.63, 3.8) is 0 Å². The second-order valence-electron chi connectivity index (χ2n) is 11.1. The monoisotopic (exact) mass is 579 g/mol. The first-order valence-corrected chi connectivity index (χ1v) is 15.1. The third kappa shape index (κ3) is 7.88. The van der Waals surface area contributed by atoms with Crippen molar-refractivity contribution in [1.82, 2.24) is 10.2 Å². The maximum Gasteiger partial charge on any atom is 0.264 e. The van der Waals surface area contributed by atoms with E-state index in [-0.39, 0.29) is 17.3 Å². The van der Waals surface area contributed by atoms with Gasteiger partial charge in [0.15, 0.2) is 0 Å². The molecule has 3 rings (SSSR count). The summed E-state index contributed by atoms with van der Waals surface area (Å²) in [5.41, 5.74) is 2.33. The van der Waals surface area contributed by atoms with E-state index in [9.17, 15) is 18.0 Å². The summed E-state index contributed by atoms with van der Waals surface area (Å²) in [6.45, 7) is 10.8. The predicted octanol–water partition coefficient (Wildman–Crippen LogP) is 5.23. The predicted molar refractivity (Wildman–Crippen MR) is 162 cm³/mol. The van der Waals surface area contributed by atoms with Gasteiger partial charge in [-0.1, -0.05) is 49.4 Å². The lowest BCUT2D eigenvalue weighted by molar-refractivity contribution is -0.141. The minimum absolute atomic E-state index is 0.0768. The van der Waals surface area contributed by atoms with Crippen LogP contribution in [0.3, 0.4) is 0 Å². The van der Waals surface area contributed by atoms with Crippen LogP contribution in [-0.4, -0.2) is 50.4 Å². The van der Waals surface area contributed by atoms with Crippen LogP contribution in [0.5, 0.6) is 5.75 Å². The summed E-state index contributed by atoms with van der Waals surface area (Å²) >= 11 is 0. The highest BCUT2D eigenvalue weighted by atomic mass is 32.2. The number of anilines is 1. The maximum atomic E-state index is 14.2. The minimum Gasteiger partial charge on any atom is -0.497 e. The molecule has 220 valence electrons. The van der Waals surface area contributed by atoms with Crippen LogP contribution in [0, 0.1) is 13.8 Å². The molecule has 0 fully saturated rings. The normalized spacial score (nSPS) is 12.4. The van der Waals surface area contributed by atoms with Crippen LogP contribution in [0.25, 0.3) is 0 Å². The lowest BCUT2D eigenvalue weighted by atomic mass is 10.1. The molecule has 0 saturated heterocycles. The number of carbonyl (C=O) groups excluding carboxylic acids is 2. The zero-order valence-electron chi connectivity index (χ0n) is 25.0. The third-order valence-corrected chi connectivity index (χ3v) is 8.62. The van der Waals surface area contributed by atoms with Crippen molar-refractivity contribution in [1.29, 1.82) is 0 Å². The number of amides is 2. The summed E-state index contributed by atoms with van der Waals surface area (Å²) in [7, 11) is -2.54. The van der Waals surface area contributed by atoms with E-state index in [0.717, 1.165) is 21.0 Å². The van der Waals surface area contributed by atoms with Gasteiger partial charge in [0, 0.05) is 12.1 Å². The molecule has 2 amide bonds. The van der Waals surface area contributed by atoms with Crippen LogP contribution < -0.4 is 14.4 Å². The van der Waals surface area contributed by atoms with E-state index in [4.69, 9.17) is 4.74 Å². The van der Waals surface area contributed by atoms with Gasteiger partial charge in [0.1, 0.15) is 18.3 Å². The number of aryl methyl sites for hydroxylation is 1. The number of hydrogen-bond donors (Lipinski definition) is 1. The van der Waals surface area contributed by atoms with E-state index in [1.165, 1.54) is 17.0 Å². The molecule has 9 heteroatoms. The van der Waals surface area contributed by atoms with Crippen molar-refractivity contribution in [3.05, 3.63) is 89.5 Å². The van der Waals surface area contributed by atoms with Crippen molar-refractivity contribution >= 4 is 27.5 Å². The molecule has 0 aliphatic carbocycles. The SMILES string of the molecule is CC[C@@H](C(=O)NC(C)(C)C)N(Cc1ccc(OC)cc1)C(=O)CN(c1cccc(C)c1C)S(=O)(=O)c1ccccc1. The van der Waals surface area contributed by atoms with E-state index < -0.39 is 34.1 Å². The quantitative estimate of drug-likeness (QED) is 0.336. The Balaban J connectivity index is 2.10. The number of rotatable bonds is 11. The molecule has 0 heterocycles. The number of benzene rings is 3. The Bertz CT molecular complexity index is 1450. The van der Waals surface area contributed by atoms with Crippen molar-refractivity contribution in [2.24, 2.45) is 0 Å². The molecule has 1 atom stereocenters. The van der Waals surface area contributed by atoms with Crippen molar-refractivity contribution in [3.8, 4) is 5.75 Å². The van der Waals surface area contributed by atoms with Crippen LogP contribution in [0.4, 0.5) is 5.69 Å². The number of carbonyl (C=O) groups is 2. The van der Waals surface area contributed by atoms with Crippen molar-refractivity contribution < 1.29 is 22.7 Å². The Morgan fingerprint density at radius 3 is 2.12 bits per heavy atom. The maximum absolute atomic E-state index is 14.2. The van der Waals surface area contributed by atoms with Gasteiger partial charge in [-0.15, -0.1) is 0 Å². The highest BCUT2D eigenvalue weighted by molar-refractivity contribution is 7.92. The lowest BCUT2D eigenvalue weighted by Gasteiger charge is -2.35. The minimum atomic E-state index is -4.12. The van der Waals surface area contributed by atoms with E-state index in [1.807, 2.05) is 59.7 Å². The Kier molecular flexibility index (Phi) is 10.2. The Morgan fingerprint density at radius 2 is 1.56 bits per heavy atom. The molecule has 0 spiro atoms. The van der Waals surface area contributed by atoms with Crippen LogP contribution in [0.2, 0.25) is 0 Å². The number of methoxy groups -OCH3 is 1. The molecule has 0 unspecified atom stereocenters. The van der Waals surface area contributed by atoms with Gasteiger partial charge >= 0.3 is 0 Å². The molecule has 0 bridgehead atoms. The molecule has 41 heavy (non-hydrogen) atoms. The Morgan fingerprint density at radius 1 is 0.927 bits per heavy atom. The van der Waals surface area contributed by atoms with E-state index >= 15 is 0 Å². The van der Waals surface area contributed by atoms with Gasteiger partial charge in [0.2, 0.25) is 11.8 Å². The Hall–Kier alpha value is -3.85. The number of nitrogens with zero attached hydrogens (tertiary/aromatic N) is 2. The van der Waals surface area contributed by atoms with Gasteiger partial charge in [-0.05, 0) is 88.1 Å². The van der Waals surface area contributed by atoms with Gasteiger partial charge in [-0.25, -0.2) is 8.42 Å². The lowest BCUT2D eigenvalue weighted by Crippen LogP contribution is -2.55.